The van der Waals surface area contributed by atoms with E-state index in [4.69, 9.17) is 0 Å². The number of hydrogen-bond acceptors (Lipinski definition) is 5. The van der Waals surface area contributed by atoms with Gasteiger partial charge in [-0.05, 0) is 0 Å². The first kappa shape index (κ1) is 11.1. The Labute approximate surface area is 94.1 Å². The van der Waals surface area contributed by atoms with Crippen molar-refractivity contribution in [2.75, 3.05) is 38.5 Å². The summed E-state index contributed by atoms with van der Waals surface area (Å²) in [6.45, 7) is 4.61. The van der Waals surface area contributed by atoms with Gasteiger partial charge in [-0.3, -0.25) is 14.7 Å². The van der Waals surface area contributed by atoms with Crippen molar-refractivity contribution < 1.29 is 0 Å². The Balaban J connectivity index is 2.06. The van der Waals surface area contributed by atoms with E-state index in [2.05, 4.69) is 25.5 Å². The van der Waals surface area contributed by atoms with Crippen LogP contribution in [0.25, 0.3) is 0 Å². The molecule has 0 atom stereocenters. The first-order chi connectivity index (χ1) is 7.79. The van der Waals surface area contributed by atoms with Crippen molar-refractivity contribution in [1.29, 1.82) is 0 Å². The van der Waals surface area contributed by atoms with Gasteiger partial charge in [0.05, 0.1) is 0 Å². The maximum atomic E-state index is 11.7. The van der Waals surface area contributed by atoms with Crippen LogP contribution in [-0.2, 0) is 6.54 Å². The second-order valence-electron chi connectivity index (χ2n) is 3.86. The molecule has 88 valence electrons. The Hall–Kier alpha value is -1.40. The molecule has 0 aliphatic carbocycles. The molecule has 1 fully saturated rings. The third-order valence-corrected chi connectivity index (χ3v) is 2.71. The highest BCUT2D eigenvalue weighted by Crippen LogP contribution is 2.01. The molecule has 2 rings (SSSR count). The van der Waals surface area contributed by atoms with Crippen LogP contribution < -0.4 is 16.2 Å². The molecule has 6 heteroatoms. The number of hydrogen-bond donors (Lipinski definition) is 3. The molecule has 3 N–H and O–H groups in total. The SMILES string of the molecule is CNc1ncc(CN2CCNCC2)c(=O)[nH]1. The summed E-state index contributed by atoms with van der Waals surface area (Å²) in [6, 6.07) is 0. The highest BCUT2D eigenvalue weighted by Gasteiger charge is 2.12. The van der Waals surface area contributed by atoms with Crippen LogP contribution in [0.15, 0.2) is 11.0 Å². The Kier molecular flexibility index (Phi) is 3.53. The second-order valence-corrected chi connectivity index (χ2v) is 3.86. The molecule has 0 aromatic carbocycles. The normalized spacial score (nSPS) is 17.3. The van der Waals surface area contributed by atoms with Crippen molar-refractivity contribution in [1.82, 2.24) is 20.2 Å². The predicted octanol–water partition coefficient (Wildman–Crippen LogP) is -0.783. The minimum atomic E-state index is -0.0575. The summed E-state index contributed by atoms with van der Waals surface area (Å²) in [5.74, 6) is 0.508. The van der Waals surface area contributed by atoms with E-state index in [-0.39, 0.29) is 5.56 Å². The van der Waals surface area contributed by atoms with E-state index in [1.807, 2.05) is 0 Å². The van der Waals surface area contributed by atoms with Gasteiger partial charge in [-0.15, -0.1) is 0 Å². The lowest BCUT2D eigenvalue weighted by atomic mass is 10.2. The van der Waals surface area contributed by atoms with Crippen molar-refractivity contribution in [3.05, 3.63) is 22.1 Å². The van der Waals surface area contributed by atoms with Crippen LogP contribution in [-0.4, -0.2) is 48.1 Å². The molecule has 1 aromatic rings. The van der Waals surface area contributed by atoms with Gasteiger partial charge in [-0.25, -0.2) is 4.98 Å². The van der Waals surface area contributed by atoms with Crippen molar-refractivity contribution >= 4 is 5.95 Å². The zero-order chi connectivity index (χ0) is 11.4. The fourth-order valence-electron chi connectivity index (χ4n) is 1.77. The topological polar surface area (TPSA) is 73.1 Å². The lowest BCUT2D eigenvalue weighted by Gasteiger charge is -2.26. The molecule has 2 heterocycles. The van der Waals surface area contributed by atoms with Crippen LogP contribution in [0.4, 0.5) is 5.95 Å². The molecule has 16 heavy (non-hydrogen) atoms. The summed E-state index contributed by atoms with van der Waals surface area (Å²) in [6.07, 6.45) is 1.65. The van der Waals surface area contributed by atoms with E-state index in [1.165, 1.54) is 0 Å². The number of anilines is 1. The van der Waals surface area contributed by atoms with Gasteiger partial charge < -0.3 is 10.6 Å². The fourth-order valence-corrected chi connectivity index (χ4v) is 1.77. The van der Waals surface area contributed by atoms with Gasteiger partial charge in [0.15, 0.2) is 0 Å². The predicted molar refractivity (Wildman–Crippen MR) is 62.6 cm³/mol. The van der Waals surface area contributed by atoms with Crippen LogP contribution in [0.2, 0.25) is 0 Å². The zero-order valence-electron chi connectivity index (χ0n) is 9.42. The Morgan fingerprint density at radius 2 is 2.25 bits per heavy atom. The van der Waals surface area contributed by atoms with E-state index in [0.717, 1.165) is 31.7 Å². The summed E-state index contributed by atoms with van der Waals surface area (Å²) >= 11 is 0. The first-order valence-electron chi connectivity index (χ1n) is 5.48. The smallest absolute Gasteiger partial charge is 0.256 e. The average molecular weight is 223 g/mol. The Morgan fingerprint density at radius 1 is 1.50 bits per heavy atom. The molecule has 0 unspecified atom stereocenters. The van der Waals surface area contributed by atoms with E-state index < -0.39 is 0 Å². The molecule has 6 nitrogen and oxygen atoms in total. The standard InChI is InChI=1S/C10H17N5O/c1-11-10-13-6-8(9(16)14-10)7-15-4-2-12-3-5-15/h6,12H,2-5,7H2,1H3,(H2,11,13,14,16). The lowest BCUT2D eigenvalue weighted by Crippen LogP contribution is -2.43. The third-order valence-electron chi connectivity index (χ3n) is 2.71. The Morgan fingerprint density at radius 3 is 2.88 bits per heavy atom. The van der Waals surface area contributed by atoms with Crippen LogP contribution >= 0.6 is 0 Å². The van der Waals surface area contributed by atoms with E-state index >= 15 is 0 Å². The van der Waals surface area contributed by atoms with Gasteiger partial charge in [-0.2, -0.15) is 0 Å². The zero-order valence-corrected chi connectivity index (χ0v) is 9.42. The van der Waals surface area contributed by atoms with Gasteiger partial charge in [0, 0.05) is 51.5 Å². The van der Waals surface area contributed by atoms with Gasteiger partial charge >= 0.3 is 0 Å². The number of nitrogens with zero attached hydrogens (tertiary/aromatic N) is 2. The third kappa shape index (κ3) is 2.59. The van der Waals surface area contributed by atoms with Crippen molar-refractivity contribution in [2.45, 2.75) is 6.54 Å². The molecule has 1 aliphatic heterocycles. The van der Waals surface area contributed by atoms with Crippen molar-refractivity contribution in [3.8, 4) is 0 Å². The van der Waals surface area contributed by atoms with Gasteiger partial charge in [0.25, 0.3) is 5.56 Å². The number of aromatic nitrogens is 2. The number of H-pyrrole nitrogens is 1. The quantitative estimate of drug-likeness (QED) is 0.627. The molecule has 0 radical (unpaired) electrons. The summed E-state index contributed by atoms with van der Waals surface area (Å²) < 4.78 is 0. The number of piperazine rings is 1. The summed E-state index contributed by atoms with van der Waals surface area (Å²) in [4.78, 5) is 20.8. The molecular formula is C10H17N5O. The second kappa shape index (κ2) is 5.09. The molecule has 0 amide bonds. The number of rotatable bonds is 3. The Bertz CT molecular complexity index is 396. The number of nitrogens with one attached hydrogen (secondary N) is 3. The van der Waals surface area contributed by atoms with Gasteiger partial charge in [-0.1, -0.05) is 0 Å². The highest BCUT2D eigenvalue weighted by atomic mass is 16.1. The molecule has 1 aromatic heterocycles. The minimum absolute atomic E-state index is 0.0575. The van der Waals surface area contributed by atoms with Crippen LogP contribution in [0.1, 0.15) is 5.56 Å². The van der Waals surface area contributed by atoms with E-state index in [1.54, 1.807) is 13.2 Å². The van der Waals surface area contributed by atoms with Crippen LogP contribution in [0, 0.1) is 0 Å². The van der Waals surface area contributed by atoms with Gasteiger partial charge in [0.2, 0.25) is 5.95 Å². The van der Waals surface area contributed by atoms with Crippen molar-refractivity contribution in [2.24, 2.45) is 0 Å². The first-order valence-corrected chi connectivity index (χ1v) is 5.48. The monoisotopic (exact) mass is 223 g/mol. The number of aromatic amines is 1. The minimum Gasteiger partial charge on any atom is -0.359 e. The maximum Gasteiger partial charge on any atom is 0.256 e. The maximum absolute atomic E-state index is 11.7. The summed E-state index contributed by atoms with van der Waals surface area (Å²) in [5.41, 5.74) is 0.666. The van der Waals surface area contributed by atoms with Crippen LogP contribution in [0.3, 0.4) is 0 Å². The molecule has 0 bridgehead atoms. The fraction of sp³-hybridized carbons (Fsp3) is 0.600. The van der Waals surface area contributed by atoms with Gasteiger partial charge in [0.1, 0.15) is 0 Å². The molecule has 1 saturated heterocycles. The molecule has 1 aliphatic rings. The van der Waals surface area contributed by atoms with E-state index in [0.29, 0.717) is 12.5 Å². The summed E-state index contributed by atoms with van der Waals surface area (Å²) in [5, 5.41) is 6.09. The van der Waals surface area contributed by atoms with E-state index in [9.17, 15) is 4.79 Å². The molecular weight excluding hydrogens is 206 g/mol. The average Bonchev–Trinajstić information content (AvgIpc) is 2.33. The largest absolute Gasteiger partial charge is 0.359 e. The molecule has 0 saturated carbocycles. The van der Waals surface area contributed by atoms with Crippen molar-refractivity contribution in [3.63, 3.8) is 0 Å². The summed E-state index contributed by atoms with van der Waals surface area (Å²) in [7, 11) is 1.73. The molecule has 0 spiro atoms. The van der Waals surface area contributed by atoms with Crippen LogP contribution in [0.5, 0.6) is 0 Å². The highest BCUT2D eigenvalue weighted by molar-refractivity contribution is 5.23. The lowest BCUT2D eigenvalue weighted by molar-refractivity contribution is 0.232.